The average molecular weight is 160 g/mol. The summed E-state index contributed by atoms with van der Waals surface area (Å²) in [5.41, 5.74) is 0.834. The molecule has 1 saturated heterocycles. The molecule has 1 N–H and O–H groups in total. The third-order valence-electron chi connectivity index (χ3n) is 1.47. The third-order valence-corrected chi connectivity index (χ3v) is 1.47. The zero-order chi connectivity index (χ0) is 8.10. The highest BCUT2D eigenvalue weighted by Crippen LogP contribution is 2.12. The van der Waals surface area contributed by atoms with Crippen molar-refractivity contribution in [2.45, 2.75) is 6.10 Å². The van der Waals surface area contributed by atoms with E-state index in [2.05, 4.69) is 0 Å². The lowest BCUT2D eigenvalue weighted by atomic mass is 10.2. The molecule has 0 radical (unpaired) electrons. The predicted molar refractivity (Wildman–Crippen MR) is 37.9 cm³/mol. The minimum Gasteiger partial charge on any atom is -0.504 e. The van der Waals surface area contributed by atoms with Gasteiger partial charge in [0.15, 0.2) is 0 Å². The van der Waals surface area contributed by atoms with Crippen LogP contribution in [0.3, 0.4) is 0 Å². The highest BCUT2D eigenvalue weighted by atomic mass is 16.7. The van der Waals surface area contributed by atoms with Crippen molar-refractivity contribution in [3.63, 3.8) is 0 Å². The number of aliphatic hydroxyl groups is 1. The van der Waals surface area contributed by atoms with Gasteiger partial charge in [-0.15, -0.1) is 0 Å². The maximum atomic E-state index is 8.81. The van der Waals surface area contributed by atoms with Gasteiger partial charge in [0.1, 0.15) is 12.9 Å². The van der Waals surface area contributed by atoms with Gasteiger partial charge in [-0.3, -0.25) is 0 Å². The first kappa shape index (κ1) is 8.52. The van der Waals surface area contributed by atoms with Crippen LogP contribution in [-0.2, 0) is 14.2 Å². The van der Waals surface area contributed by atoms with E-state index in [-0.39, 0.29) is 19.5 Å². The van der Waals surface area contributed by atoms with Gasteiger partial charge in [0.2, 0.25) is 0 Å². The summed E-state index contributed by atoms with van der Waals surface area (Å²) in [4.78, 5) is 0. The Morgan fingerprint density at radius 2 is 2.64 bits per heavy atom. The average Bonchev–Trinajstić information content (AvgIpc) is 2.06. The molecule has 11 heavy (non-hydrogen) atoms. The van der Waals surface area contributed by atoms with Crippen molar-refractivity contribution in [2.24, 2.45) is 0 Å². The minimum absolute atomic E-state index is 0.0292. The molecule has 64 valence electrons. The Hall–Kier alpha value is -0.580. The van der Waals surface area contributed by atoms with E-state index in [0.29, 0.717) is 6.61 Å². The van der Waals surface area contributed by atoms with Crippen molar-refractivity contribution < 1.29 is 19.3 Å². The van der Waals surface area contributed by atoms with Gasteiger partial charge >= 0.3 is 0 Å². The third kappa shape index (κ3) is 2.18. The molecule has 0 spiro atoms. The first-order chi connectivity index (χ1) is 5.38. The summed E-state index contributed by atoms with van der Waals surface area (Å²) in [5.74, 6) is 0. The van der Waals surface area contributed by atoms with Gasteiger partial charge in [0.05, 0.1) is 26.6 Å². The Morgan fingerprint density at radius 1 is 1.82 bits per heavy atom. The first-order valence-corrected chi connectivity index (χ1v) is 3.40. The smallest absolute Gasteiger partial charge is 0.148 e. The molecule has 1 rings (SSSR count). The maximum Gasteiger partial charge on any atom is 0.148 e. The van der Waals surface area contributed by atoms with Crippen LogP contribution in [0, 0.1) is 0 Å². The molecular formula is C7H12O4. The van der Waals surface area contributed by atoms with Crippen LogP contribution >= 0.6 is 0 Å². The number of hydrogen-bond donors (Lipinski definition) is 1. The van der Waals surface area contributed by atoms with Crippen LogP contribution < -0.4 is 0 Å². The number of aliphatic hydroxyl groups excluding tert-OH is 1. The summed E-state index contributed by atoms with van der Waals surface area (Å²) in [6, 6.07) is 0. The van der Waals surface area contributed by atoms with E-state index in [1.165, 1.54) is 0 Å². The lowest BCUT2D eigenvalue weighted by molar-refractivity contribution is -0.120. The molecule has 0 aromatic carbocycles. The molecule has 4 heteroatoms. The lowest BCUT2D eigenvalue weighted by Crippen LogP contribution is -2.29. The molecule has 0 saturated carbocycles. The number of methoxy groups -OCH3 is 1. The van der Waals surface area contributed by atoms with Crippen LogP contribution in [0.1, 0.15) is 0 Å². The van der Waals surface area contributed by atoms with Crippen molar-refractivity contribution in [1.82, 2.24) is 0 Å². The fourth-order valence-corrected chi connectivity index (χ4v) is 0.921. The second kappa shape index (κ2) is 4.33. The predicted octanol–water partition coefficient (Wildman–Crippen LogP) is -0.118. The van der Waals surface area contributed by atoms with Gasteiger partial charge in [-0.25, -0.2) is 0 Å². The van der Waals surface area contributed by atoms with Gasteiger partial charge < -0.3 is 19.3 Å². The van der Waals surface area contributed by atoms with Crippen LogP contribution in [0.25, 0.3) is 0 Å². The number of ether oxygens (including phenoxy) is 3. The van der Waals surface area contributed by atoms with Gasteiger partial charge in [-0.1, -0.05) is 0 Å². The van der Waals surface area contributed by atoms with Gasteiger partial charge in [0, 0.05) is 5.57 Å². The van der Waals surface area contributed by atoms with Gasteiger partial charge in [-0.2, -0.15) is 0 Å². The summed E-state index contributed by atoms with van der Waals surface area (Å²) in [5, 5.41) is 8.81. The highest BCUT2D eigenvalue weighted by Gasteiger charge is 2.18. The Labute approximate surface area is 65.4 Å². The number of rotatable bonds is 2. The first-order valence-electron chi connectivity index (χ1n) is 3.40. The number of hydrogen-bond acceptors (Lipinski definition) is 4. The van der Waals surface area contributed by atoms with E-state index in [4.69, 9.17) is 19.3 Å². The van der Waals surface area contributed by atoms with Crippen molar-refractivity contribution >= 4 is 0 Å². The van der Waals surface area contributed by atoms with Crippen molar-refractivity contribution in [3.05, 3.63) is 11.8 Å². The monoisotopic (exact) mass is 160 g/mol. The van der Waals surface area contributed by atoms with Crippen molar-refractivity contribution in [3.8, 4) is 0 Å². The molecule has 0 bridgehead atoms. The zero-order valence-electron chi connectivity index (χ0n) is 6.45. The fourth-order valence-electron chi connectivity index (χ4n) is 0.921. The summed E-state index contributed by atoms with van der Waals surface area (Å²) in [6.07, 6.45) is 1.28. The summed E-state index contributed by atoms with van der Waals surface area (Å²) in [6.45, 7) is 0.684. The molecule has 1 aliphatic heterocycles. The topological polar surface area (TPSA) is 47.9 Å². The molecule has 4 nitrogen and oxygen atoms in total. The molecule has 1 atom stereocenters. The summed E-state index contributed by atoms with van der Waals surface area (Å²) in [7, 11) is 1.55. The highest BCUT2D eigenvalue weighted by molar-refractivity contribution is 5.07. The molecular weight excluding hydrogens is 148 g/mol. The fraction of sp³-hybridized carbons (Fsp3) is 0.714. The van der Waals surface area contributed by atoms with Crippen LogP contribution in [0.4, 0.5) is 0 Å². The second-order valence-corrected chi connectivity index (χ2v) is 2.23. The van der Waals surface area contributed by atoms with E-state index in [1.807, 2.05) is 0 Å². The lowest BCUT2D eigenvalue weighted by Gasteiger charge is -2.23. The molecule has 0 amide bonds. The Morgan fingerprint density at radius 3 is 3.27 bits per heavy atom. The summed E-state index contributed by atoms with van der Waals surface area (Å²) < 4.78 is 14.8. The van der Waals surface area contributed by atoms with Crippen LogP contribution in [-0.4, -0.2) is 38.3 Å². The molecule has 0 aromatic heterocycles. The summed E-state index contributed by atoms with van der Waals surface area (Å²) >= 11 is 0. The molecule has 0 aliphatic carbocycles. The van der Waals surface area contributed by atoms with Crippen LogP contribution in [0.5, 0.6) is 0 Å². The van der Waals surface area contributed by atoms with E-state index in [9.17, 15) is 0 Å². The minimum atomic E-state index is -0.260. The van der Waals surface area contributed by atoms with Crippen LogP contribution in [0.15, 0.2) is 11.8 Å². The second-order valence-electron chi connectivity index (χ2n) is 2.23. The molecule has 0 aromatic rings. The normalized spacial score (nSPS) is 28.9. The largest absolute Gasteiger partial charge is 0.504 e. The Kier molecular flexibility index (Phi) is 3.35. The van der Waals surface area contributed by atoms with Crippen molar-refractivity contribution in [1.29, 1.82) is 0 Å². The Bertz CT molecular complexity index is 143. The van der Waals surface area contributed by atoms with E-state index < -0.39 is 0 Å². The SMILES string of the molecule is CO/C=C1/COCO[C@H]1CO. The zero-order valence-corrected chi connectivity index (χ0v) is 6.45. The quantitative estimate of drug-likeness (QED) is 0.572. The van der Waals surface area contributed by atoms with E-state index >= 15 is 0 Å². The van der Waals surface area contributed by atoms with Gasteiger partial charge in [-0.05, 0) is 0 Å². The van der Waals surface area contributed by atoms with Gasteiger partial charge in [0.25, 0.3) is 0 Å². The molecule has 1 heterocycles. The Balaban J connectivity index is 2.51. The maximum absolute atomic E-state index is 8.81. The molecule has 1 aliphatic rings. The molecule has 0 unspecified atom stereocenters. The van der Waals surface area contributed by atoms with Crippen LogP contribution in [0.2, 0.25) is 0 Å². The van der Waals surface area contributed by atoms with Crippen molar-refractivity contribution in [2.75, 3.05) is 27.1 Å². The molecule has 1 fully saturated rings. The van der Waals surface area contributed by atoms with E-state index in [0.717, 1.165) is 5.57 Å². The van der Waals surface area contributed by atoms with E-state index in [1.54, 1.807) is 13.4 Å². The standard InChI is InChI=1S/C7H12O4/c1-9-3-6-4-10-5-11-7(6)2-8/h3,7-8H,2,4-5H2,1H3/b6-3-/t7-/m0/s1.